The maximum Gasteiger partial charge on any atom is 0.137 e. The molecule has 0 amide bonds. The van der Waals surface area contributed by atoms with Gasteiger partial charge in [-0.3, -0.25) is 0 Å². The molecule has 51 heavy (non-hydrogen) atoms. The van der Waals surface area contributed by atoms with Gasteiger partial charge in [0.2, 0.25) is 0 Å². The third kappa shape index (κ3) is 4.33. The number of benzene rings is 7. The Hall–Kier alpha value is -6.49. The summed E-state index contributed by atoms with van der Waals surface area (Å²) in [5, 5.41) is 7.36. The zero-order chi connectivity index (χ0) is 33.5. The fourth-order valence-corrected chi connectivity index (χ4v) is 9.26. The molecule has 0 saturated heterocycles. The summed E-state index contributed by atoms with van der Waals surface area (Å²) in [7, 11) is 0. The second kappa shape index (κ2) is 11.0. The summed E-state index contributed by atoms with van der Waals surface area (Å²) in [6.07, 6.45) is 0. The minimum absolute atomic E-state index is 0.898. The Balaban J connectivity index is 1.16. The molecule has 238 valence electrons. The topological polar surface area (TPSA) is 31.0 Å². The van der Waals surface area contributed by atoms with Crippen molar-refractivity contribution in [2.24, 2.45) is 0 Å². The molecule has 0 bridgehead atoms. The van der Waals surface area contributed by atoms with E-state index >= 15 is 0 Å². The molecule has 3 nitrogen and oxygen atoms in total. The summed E-state index contributed by atoms with van der Waals surface area (Å²) in [5.74, 6) is 0. The van der Waals surface area contributed by atoms with Crippen LogP contribution in [0.15, 0.2) is 174 Å². The molecule has 0 aliphatic rings. The fourth-order valence-electron chi connectivity index (χ4n) is 7.87. The standard InChI is InChI=1S/C47H28N2OS/c1-3-12-29(13-4-1)39-26-31(27-40(48-39)30-14-5-2-6-15-30)33-18-11-19-36-37-24-25-42-45(47(37)51-46(33)36)38-17-7-9-20-41(38)49(42)32-22-23-35-34-16-8-10-21-43(34)50-44(35)28-32/h1-28H. The summed E-state index contributed by atoms with van der Waals surface area (Å²) in [4.78, 5) is 5.15. The Kier molecular flexibility index (Phi) is 6.12. The maximum atomic E-state index is 6.34. The lowest BCUT2D eigenvalue weighted by atomic mass is 9.98. The molecular formula is C47H28N2OS. The smallest absolute Gasteiger partial charge is 0.137 e. The predicted octanol–water partition coefficient (Wildman–Crippen LogP) is 13.4. The first kappa shape index (κ1) is 28.4. The average molecular weight is 669 g/mol. The first-order valence-electron chi connectivity index (χ1n) is 17.2. The number of hydrogen-bond donors (Lipinski definition) is 0. The molecule has 11 rings (SSSR count). The number of para-hydroxylation sites is 2. The van der Waals surface area contributed by atoms with Crippen LogP contribution in [-0.4, -0.2) is 9.55 Å². The van der Waals surface area contributed by atoms with Gasteiger partial charge in [0.15, 0.2) is 0 Å². The van der Waals surface area contributed by atoms with E-state index in [1.54, 1.807) is 0 Å². The molecule has 0 atom stereocenters. The van der Waals surface area contributed by atoms with E-state index < -0.39 is 0 Å². The van der Waals surface area contributed by atoms with E-state index in [0.717, 1.165) is 55.7 Å². The lowest BCUT2D eigenvalue weighted by Crippen LogP contribution is -1.93. The van der Waals surface area contributed by atoms with Crippen molar-refractivity contribution in [1.82, 2.24) is 9.55 Å². The van der Waals surface area contributed by atoms with Crippen LogP contribution in [0.25, 0.3) is 103 Å². The highest BCUT2D eigenvalue weighted by atomic mass is 32.1. The largest absolute Gasteiger partial charge is 0.456 e. The van der Waals surface area contributed by atoms with Crippen LogP contribution in [0.3, 0.4) is 0 Å². The highest BCUT2D eigenvalue weighted by molar-refractivity contribution is 7.27. The summed E-state index contributed by atoms with van der Waals surface area (Å²) >= 11 is 1.89. The van der Waals surface area contributed by atoms with Crippen molar-refractivity contribution in [3.63, 3.8) is 0 Å². The van der Waals surface area contributed by atoms with Gasteiger partial charge in [-0.1, -0.05) is 121 Å². The van der Waals surface area contributed by atoms with Crippen molar-refractivity contribution in [2.75, 3.05) is 0 Å². The molecule has 4 heterocycles. The summed E-state index contributed by atoms with van der Waals surface area (Å²) in [5.41, 5.74) is 11.8. The molecule has 4 heteroatoms. The SMILES string of the molecule is c1ccc(-c2cc(-c3cccc4c3sc3c4ccc4c3c3ccccc3n4-c3ccc4c(c3)oc3ccccc34)cc(-c3ccccc3)n2)cc1. The van der Waals surface area contributed by atoms with Crippen molar-refractivity contribution in [2.45, 2.75) is 0 Å². The number of rotatable bonds is 4. The maximum absolute atomic E-state index is 6.34. The Labute approximate surface area is 297 Å². The van der Waals surface area contributed by atoms with E-state index in [4.69, 9.17) is 9.40 Å². The number of fused-ring (bicyclic) bond motifs is 10. The molecule has 0 radical (unpaired) electrons. The lowest BCUT2D eigenvalue weighted by Gasteiger charge is -2.11. The van der Waals surface area contributed by atoms with Gasteiger partial charge >= 0.3 is 0 Å². The minimum Gasteiger partial charge on any atom is -0.456 e. The predicted molar refractivity (Wildman–Crippen MR) is 215 cm³/mol. The molecule has 0 unspecified atom stereocenters. The van der Waals surface area contributed by atoms with Crippen molar-refractivity contribution in [1.29, 1.82) is 0 Å². The van der Waals surface area contributed by atoms with Gasteiger partial charge in [-0.15, -0.1) is 11.3 Å². The van der Waals surface area contributed by atoms with E-state index in [9.17, 15) is 0 Å². The van der Waals surface area contributed by atoms with Gasteiger partial charge in [-0.05, 0) is 53.6 Å². The third-order valence-corrected chi connectivity index (χ3v) is 11.5. The number of furan rings is 1. The monoisotopic (exact) mass is 668 g/mol. The van der Waals surface area contributed by atoms with Crippen LogP contribution in [0.2, 0.25) is 0 Å². The van der Waals surface area contributed by atoms with Gasteiger partial charge in [-0.25, -0.2) is 4.98 Å². The van der Waals surface area contributed by atoms with Crippen LogP contribution in [0.5, 0.6) is 0 Å². The van der Waals surface area contributed by atoms with E-state index in [2.05, 4.69) is 162 Å². The first-order chi connectivity index (χ1) is 25.3. The third-order valence-electron chi connectivity index (χ3n) is 10.2. The Bertz CT molecular complexity index is 3070. The second-order valence-electron chi connectivity index (χ2n) is 13.1. The van der Waals surface area contributed by atoms with Gasteiger partial charge in [0.05, 0.1) is 22.4 Å². The molecule has 0 aliphatic heterocycles. The zero-order valence-electron chi connectivity index (χ0n) is 27.4. The average Bonchev–Trinajstić information content (AvgIpc) is 3.87. The van der Waals surface area contributed by atoms with Gasteiger partial charge in [-0.2, -0.15) is 0 Å². The molecule has 0 N–H and O–H groups in total. The fraction of sp³-hybridized carbons (Fsp3) is 0. The molecular weight excluding hydrogens is 641 g/mol. The van der Waals surface area contributed by atoms with Crippen molar-refractivity contribution < 1.29 is 4.42 Å². The summed E-state index contributed by atoms with van der Waals surface area (Å²) < 4.78 is 11.3. The molecule has 0 spiro atoms. The van der Waals surface area contributed by atoms with Gasteiger partial charge in [0.25, 0.3) is 0 Å². The normalized spacial score (nSPS) is 11.9. The minimum atomic E-state index is 0.898. The van der Waals surface area contributed by atoms with Crippen LogP contribution < -0.4 is 0 Å². The van der Waals surface area contributed by atoms with Gasteiger partial charge < -0.3 is 8.98 Å². The van der Waals surface area contributed by atoms with Crippen molar-refractivity contribution in [3.8, 4) is 39.3 Å². The number of thiophene rings is 1. The van der Waals surface area contributed by atoms with Crippen LogP contribution in [0.1, 0.15) is 0 Å². The number of hydrogen-bond acceptors (Lipinski definition) is 3. The lowest BCUT2D eigenvalue weighted by molar-refractivity contribution is 0.668. The molecule has 7 aromatic carbocycles. The number of pyridine rings is 1. The Morgan fingerprint density at radius 3 is 1.84 bits per heavy atom. The van der Waals surface area contributed by atoms with Gasteiger partial charge in [0, 0.05) is 64.6 Å². The van der Waals surface area contributed by atoms with Crippen LogP contribution in [0.4, 0.5) is 0 Å². The van der Waals surface area contributed by atoms with Crippen LogP contribution >= 0.6 is 11.3 Å². The second-order valence-corrected chi connectivity index (χ2v) is 14.1. The van der Waals surface area contributed by atoms with Crippen molar-refractivity contribution >= 4 is 75.3 Å². The zero-order valence-corrected chi connectivity index (χ0v) is 28.2. The summed E-state index contributed by atoms with van der Waals surface area (Å²) in [6, 6.07) is 60.5. The Morgan fingerprint density at radius 1 is 0.431 bits per heavy atom. The molecule has 0 aliphatic carbocycles. The first-order valence-corrected chi connectivity index (χ1v) is 18.0. The van der Waals surface area contributed by atoms with Crippen LogP contribution in [0, 0.1) is 0 Å². The molecule has 4 aromatic heterocycles. The summed E-state index contributed by atoms with van der Waals surface area (Å²) in [6.45, 7) is 0. The van der Waals surface area contributed by atoms with Gasteiger partial charge in [0.1, 0.15) is 11.2 Å². The number of nitrogens with zero attached hydrogens (tertiary/aromatic N) is 2. The highest BCUT2D eigenvalue weighted by Crippen LogP contribution is 2.46. The molecule has 11 aromatic rings. The van der Waals surface area contributed by atoms with E-state index in [1.807, 2.05) is 23.5 Å². The van der Waals surface area contributed by atoms with E-state index in [1.165, 1.54) is 47.5 Å². The Morgan fingerprint density at radius 2 is 1.06 bits per heavy atom. The molecule has 0 fully saturated rings. The number of aromatic nitrogens is 2. The quantitative estimate of drug-likeness (QED) is 0.187. The highest BCUT2D eigenvalue weighted by Gasteiger charge is 2.20. The molecule has 0 saturated carbocycles. The van der Waals surface area contributed by atoms with Crippen molar-refractivity contribution in [3.05, 3.63) is 170 Å². The van der Waals surface area contributed by atoms with E-state index in [0.29, 0.717) is 0 Å². The van der Waals surface area contributed by atoms with Crippen LogP contribution in [-0.2, 0) is 0 Å². The van der Waals surface area contributed by atoms with E-state index in [-0.39, 0.29) is 0 Å².